The Balaban J connectivity index is 2.27. The maximum Gasteiger partial charge on any atom is 0.180 e. The highest BCUT2D eigenvalue weighted by Crippen LogP contribution is 2.26. The third kappa shape index (κ3) is 2.71. The first-order valence-electron chi connectivity index (χ1n) is 5.40. The molecule has 0 N–H and O–H groups in total. The van der Waals surface area contributed by atoms with Crippen LogP contribution in [0.1, 0.15) is 27.9 Å². The Morgan fingerprint density at radius 1 is 1.33 bits per heavy atom. The molecule has 0 bridgehead atoms. The molecule has 0 radical (unpaired) electrons. The zero-order valence-electron chi connectivity index (χ0n) is 9.61. The summed E-state index contributed by atoms with van der Waals surface area (Å²) in [6, 6.07) is 5.20. The second-order valence-electron chi connectivity index (χ2n) is 3.70. The number of aromatic nitrogens is 2. The molecule has 0 atom stereocenters. The van der Waals surface area contributed by atoms with E-state index in [1.165, 1.54) is 0 Å². The van der Waals surface area contributed by atoms with Crippen molar-refractivity contribution in [2.24, 2.45) is 0 Å². The summed E-state index contributed by atoms with van der Waals surface area (Å²) in [6.07, 6.45) is 0.864. The molecule has 94 valence electrons. The smallest absolute Gasteiger partial charge is 0.180 e. The molecule has 1 heterocycles. The highest BCUT2D eigenvalue weighted by molar-refractivity contribution is 7.08. The number of benzene rings is 1. The Kier molecular flexibility index (Phi) is 4.32. The molecule has 0 aliphatic heterocycles. The van der Waals surface area contributed by atoms with Crippen LogP contribution >= 0.6 is 34.7 Å². The molecule has 2 aromatic rings. The minimum Gasteiger partial charge on any atom is -0.293 e. The maximum absolute atomic E-state index is 12.2. The molecule has 0 saturated carbocycles. The minimum absolute atomic E-state index is 0.0446. The number of halogens is 2. The second-order valence-corrected chi connectivity index (χ2v) is 5.27. The zero-order chi connectivity index (χ0) is 13.1. The zero-order valence-corrected chi connectivity index (χ0v) is 11.9. The molecule has 1 aromatic heterocycles. The van der Waals surface area contributed by atoms with Gasteiger partial charge in [0.1, 0.15) is 4.88 Å². The van der Waals surface area contributed by atoms with Gasteiger partial charge < -0.3 is 0 Å². The van der Waals surface area contributed by atoms with E-state index in [1.807, 2.05) is 6.92 Å². The van der Waals surface area contributed by atoms with Crippen molar-refractivity contribution in [2.45, 2.75) is 19.8 Å². The maximum atomic E-state index is 12.2. The lowest BCUT2D eigenvalue weighted by Crippen LogP contribution is -2.05. The summed E-state index contributed by atoms with van der Waals surface area (Å²) < 4.78 is 3.81. The lowest BCUT2D eigenvalue weighted by molar-refractivity contribution is 0.0996. The molecule has 1 aromatic carbocycles. The van der Waals surface area contributed by atoms with Crippen LogP contribution in [0.5, 0.6) is 0 Å². The van der Waals surface area contributed by atoms with Gasteiger partial charge in [-0.15, -0.1) is 5.10 Å². The van der Waals surface area contributed by atoms with Crippen molar-refractivity contribution in [2.75, 3.05) is 0 Å². The van der Waals surface area contributed by atoms with Crippen molar-refractivity contribution in [3.63, 3.8) is 0 Å². The first-order valence-corrected chi connectivity index (χ1v) is 6.93. The quantitative estimate of drug-likeness (QED) is 0.806. The Morgan fingerprint density at radius 2 is 2.00 bits per heavy atom. The van der Waals surface area contributed by atoms with E-state index in [9.17, 15) is 4.79 Å². The first-order chi connectivity index (χ1) is 8.63. The van der Waals surface area contributed by atoms with Crippen LogP contribution < -0.4 is 0 Å². The van der Waals surface area contributed by atoms with Gasteiger partial charge in [-0.3, -0.25) is 4.79 Å². The van der Waals surface area contributed by atoms with Crippen molar-refractivity contribution < 1.29 is 4.79 Å². The van der Waals surface area contributed by atoms with Gasteiger partial charge in [-0.25, -0.2) is 0 Å². The van der Waals surface area contributed by atoms with E-state index in [-0.39, 0.29) is 12.2 Å². The van der Waals surface area contributed by atoms with Crippen LogP contribution in [0.25, 0.3) is 0 Å². The number of Topliss-reactive ketones (excluding diaryl/α,β-unsaturated/α-hetero) is 1. The number of ketones is 1. The van der Waals surface area contributed by atoms with E-state index in [1.54, 1.807) is 18.2 Å². The van der Waals surface area contributed by atoms with E-state index >= 15 is 0 Å². The predicted molar refractivity (Wildman–Crippen MR) is 73.8 cm³/mol. The minimum atomic E-state index is -0.0446. The molecule has 2 rings (SSSR count). The number of hydrogen-bond acceptors (Lipinski definition) is 4. The average Bonchev–Trinajstić information content (AvgIpc) is 2.82. The van der Waals surface area contributed by atoms with Gasteiger partial charge in [-0.1, -0.05) is 40.7 Å². The SMILES string of the molecule is CCc1nnsc1C(=O)Cc1c(Cl)cccc1Cl. The van der Waals surface area contributed by atoms with Crippen LogP contribution in [0, 0.1) is 0 Å². The molecule has 0 amide bonds. The normalized spacial score (nSPS) is 10.6. The van der Waals surface area contributed by atoms with E-state index < -0.39 is 0 Å². The van der Waals surface area contributed by atoms with Gasteiger partial charge in [0, 0.05) is 16.5 Å². The lowest BCUT2D eigenvalue weighted by Gasteiger charge is -2.05. The predicted octanol–water partition coefficient (Wildman–Crippen LogP) is 3.83. The summed E-state index contributed by atoms with van der Waals surface area (Å²) in [6.45, 7) is 1.94. The highest BCUT2D eigenvalue weighted by atomic mass is 35.5. The Hall–Kier alpha value is -0.970. The van der Waals surface area contributed by atoms with Gasteiger partial charge in [0.15, 0.2) is 5.78 Å². The lowest BCUT2D eigenvalue weighted by atomic mass is 10.1. The summed E-state index contributed by atoms with van der Waals surface area (Å²) >= 11 is 13.2. The van der Waals surface area contributed by atoms with Crippen LogP contribution in [0.4, 0.5) is 0 Å². The molecule has 0 fully saturated rings. The van der Waals surface area contributed by atoms with Crippen molar-refractivity contribution in [3.05, 3.63) is 44.4 Å². The Morgan fingerprint density at radius 3 is 2.61 bits per heavy atom. The fourth-order valence-electron chi connectivity index (χ4n) is 1.59. The Bertz CT molecular complexity index is 563. The summed E-state index contributed by atoms with van der Waals surface area (Å²) in [4.78, 5) is 12.8. The number of aryl methyl sites for hydroxylation is 1. The van der Waals surface area contributed by atoms with Crippen molar-refractivity contribution in [3.8, 4) is 0 Å². The molecular weight excluding hydrogens is 291 g/mol. The van der Waals surface area contributed by atoms with Crippen LogP contribution in [-0.2, 0) is 12.8 Å². The van der Waals surface area contributed by atoms with E-state index in [0.29, 0.717) is 26.9 Å². The third-order valence-electron chi connectivity index (χ3n) is 2.54. The first kappa shape index (κ1) is 13.5. The van der Waals surface area contributed by atoms with Crippen molar-refractivity contribution in [1.29, 1.82) is 0 Å². The standard InChI is InChI=1S/C12H10Cl2N2OS/c1-2-10-12(18-16-15-10)11(17)6-7-8(13)4-3-5-9(7)14/h3-5H,2,6H2,1H3. The largest absolute Gasteiger partial charge is 0.293 e. The van der Waals surface area contributed by atoms with E-state index in [0.717, 1.165) is 17.2 Å². The van der Waals surface area contributed by atoms with Gasteiger partial charge >= 0.3 is 0 Å². The van der Waals surface area contributed by atoms with E-state index in [2.05, 4.69) is 9.59 Å². The summed E-state index contributed by atoms with van der Waals surface area (Å²) in [5, 5.41) is 4.94. The fourth-order valence-corrected chi connectivity index (χ4v) is 2.81. The van der Waals surface area contributed by atoms with Crippen LogP contribution in [0.2, 0.25) is 10.0 Å². The molecule has 0 unspecified atom stereocenters. The molecule has 0 aliphatic rings. The van der Waals surface area contributed by atoms with Gasteiger partial charge in [0.25, 0.3) is 0 Å². The van der Waals surface area contributed by atoms with Crippen LogP contribution in [0.15, 0.2) is 18.2 Å². The number of hydrogen-bond donors (Lipinski definition) is 0. The molecule has 0 aliphatic carbocycles. The summed E-state index contributed by atoms with van der Waals surface area (Å²) in [5.41, 5.74) is 1.38. The van der Waals surface area contributed by atoms with Crippen molar-refractivity contribution in [1.82, 2.24) is 9.59 Å². The molecule has 18 heavy (non-hydrogen) atoms. The monoisotopic (exact) mass is 300 g/mol. The number of rotatable bonds is 4. The molecule has 0 saturated heterocycles. The van der Waals surface area contributed by atoms with Gasteiger partial charge in [-0.2, -0.15) is 0 Å². The molecule has 0 spiro atoms. The van der Waals surface area contributed by atoms with Gasteiger partial charge in [-0.05, 0) is 35.6 Å². The molecule has 6 heteroatoms. The Labute approximate surface area is 119 Å². The van der Waals surface area contributed by atoms with Gasteiger partial charge in [0.2, 0.25) is 0 Å². The molecule has 3 nitrogen and oxygen atoms in total. The number of carbonyl (C=O) groups is 1. The summed E-state index contributed by atoms with van der Waals surface area (Å²) in [7, 11) is 0. The van der Waals surface area contributed by atoms with Gasteiger partial charge in [0.05, 0.1) is 5.69 Å². The highest BCUT2D eigenvalue weighted by Gasteiger charge is 2.18. The number of nitrogens with zero attached hydrogens (tertiary/aromatic N) is 2. The topological polar surface area (TPSA) is 42.9 Å². The fraction of sp³-hybridized carbons (Fsp3) is 0.250. The molecular formula is C12H10Cl2N2OS. The number of carbonyl (C=O) groups excluding carboxylic acids is 1. The van der Waals surface area contributed by atoms with Crippen LogP contribution in [-0.4, -0.2) is 15.4 Å². The third-order valence-corrected chi connectivity index (χ3v) is 4.06. The van der Waals surface area contributed by atoms with Crippen LogP contribution in [0.3, 0.4) is 0 Å². The second kappa shape index (κ2) is 5.78. The average molecular weight is 301 g/mol. The van der Waals surface area contributed by atoms with Crippen molar-refractivity contribution >= 4 is 40.5 Å². The summed E-state index contributed by atoms with van der Waals surface area (Å²) in [5.74, 6) is -0.0446. The van der Waals surface area contributed by atoms with E-state index in [4.69, 9.17) is 23.2 Å².